The number of nitrogens with zero attached hydrogens (tertiary/aromatic N) is 6. The van der Waals surface area contributed by atoms with Gasteiger partial charge >= 0.3 is 6.01 Å². The fourth-order valence-corrected chi connectivity index (χ4v) is 4.96. The Labute approximate surface area is 186 Å². The molecular formula is C22H20FN9O. The predicted molar refractivity (Wildman–Crippen MR) is 121 cm³/mol. The van der Waals surface area contributed by atoms with Crippen LogP contribution >= 0.6 is 0 Å². The van der Waals surface area contributed by atoms with Crippen molar-refractivity contribution in [1.29, 1.82) is 0 Å². The third-order valence-corrected chi connectivity index (χ3v) is 6.74. The van der Waals surface area contributed by atoms with Crippen LogP contribution in [0.3, 0.4) is 0 Å². The van der Waals surface area contributed by atoms with Crippen molar-refractivity contribution in [2.24, 2.45) is 5.73 Å². The summed E-state index contributed by atoms with van der Waals surface area (Å²) >= 11 is 0. The Hall–Kier alpha value is -3.99. The lowest BCUT2D eigenvalue weighted by molar-refractivity contribution is 0.440. The molecule has 0 radical (unpaired) electrons. The highest BCUT2D eigenvalue weighted by atomic mass is 19.1. The van der Waals surface area contributed by atoms with Gasteiger partial charge in [0, 0.05) is 43.0 Å². The van der Waals surface area contributed by atoms with E-state index in [4.69, 9.17) is 15.5 Å². The Morgan fingerprint density at radius 3 is 3.00 bits per heavy atom. The topological polar surface area (TPSA) is 122 Å². The van der Waals surface area contributed by atoms with Crippen molar-refractivity contribution >= 4 is 39.1 Å². The van der Waals surface area contributed by atoms with Gasteiger partial charge in [0.25, 0.3) is 0 Å². The van der Waals surface area contributed by atoms with Gasteiger partial charge < -0.3 is 25.7 Å². The van der Waals surface area contributed by atoms with E-state index in [1.807, 2.05) is 0 Å². The Morgan fingerprint density at radius 2 is 2.21 bits per heavy atom. The first-order valence-electron chi connectivity index (χ1n) is 10.8. The Kier molecular flexibility index (Phi) is 3.54. The van der Waals surface area contributed by atoms with Gasteiger partial charge in [0.15, 0.2) is 11.4 Å². The number of aromatic amines is 1. The molecule has 7 rings (SSSR count). The van der Waals surface area contributed by atoms with Crippen molar-refractivity contribution in [2.75, 3.05) is 23.8 Å². The van der Waals surface area contributed by atoms with E-state index in [-0.39, 0.29) is 23.4 Å². The normalized spacial score (nSPS) is 21.8. The molecule has 1 saturated heterocycles. The van der Waals surface area contributed by atoms with Crippen LogP contribution in [0.4, 0.5) is 15.9 Å². The van der Waals surface area contributed by atoms with Gasteiger partial charge in [-0.25, -0.2) is 13.9 Å². The molecule has 33 heavy (non-hydrogen) atoms. The molecule has 1 saturated carbocycles. The molecule has 2 aliphatic rings. The first-order chi connectivity index (χ1) is 16.0. The van der Waals surface area contributed by atoms with Gasteiger partial charge in [-0.15, -0.1) is 0 Å². The van der Waals surface area contributed by atoms with Crippen LogP contribution < -0.4 is 20.7 Å². The van der Waals surface area contributed by atoms with Gasteiger partial charge in [-0.05, 0) is 25.0 Å². The molecule has 4 aromatic heterocycles. The number of nitrogens with one attached hydrogen (secondary N) is 2. The van der Waals surface area contributed by atoms with Crippen LogP contribution in [0.5, 0.6) is 11.8 Å². The Morgan fingerprint density at radius 1 is 1.30 bits per heavy atom. The minimum Gasteiger partial charge on any atom is -0.422 e. The highest BCUT2D eigenvalue weighted by Gasteiger charge is 2.59. The number of halogens is 1. The van der Waals surface area contributed by atoms with Crippen molar-refractivity contribution in [1.82, 2.24) is 29.5 Å². The fraction of sp³-hybridized carbons (Fsp3) is 0.273. The highest BCUT2D eigenvalue weighted by Crippen LogP contribution is 2.50. The van der Waals surface area contributed by atoms with Gasteiger partial charge in [0.1, 0.15) is 17.3 Å². The monoisotopic (exact) mass is 445 g/mol. The number of piperidine rings is 1. The summed E-state index contributed by atoms with van der Waals surface area (Å²) in [6, 6.07) is 5.10. The Bertz CT molecular complexity index is 1580. The first kappa shape index (κ1) is 18.6. The fourth-order valence-electron chi connectivity index (χ4n) is 4.96. The van der Waals surface area contributed by atoms with Gasteiger partial charge in [-0.2, -0.15) is 15.1 Å². The second-order valence-corrected chi connectivity index (χ2v) is 8.72. The number of anilines is 2. The molecular weight excluding hydrogens is 425 g/mol. The standard InChI is InChI=1S/C22H20FN9O/c1-25-14-7-11(23)6-13-17-19(28-18(13)14)29-21(30-20(17)31-4-2-22(24)9-15(22)31)33-12-8-16-26-3-5-32(16)27-10-12/h3,5-8,10,15,25H,2,4,9,24H2,1H3,(H,28,29,30)/t15?,22-/m1/s1. The van der Waals surface area contributed by atoms with E-state index in [9.17, 15) is 4.39 Å². The number of hydrogen-bond donors (Lipinski definition) is 3. The lowest BCUT2D eigenvalue weighted by Crippen LogP contribution is -2.27. The average Bonchev–Trinajstić information content (AvgIpc) is 3.16. The minimum atomic E-state index is -0.334. The van der Waals surface area contributed by atoms with Crippen LogP contribution in [0.1, 0.15) is 12.8 Å². The lowest BCUT2D eigenvalue weighted by Gasteiger charge is -2.20. The maximum Gasteiger partial charge on any atom is 0.326 e. The summed E-state index contributed by atoms with van der Waals surface area (Å²) in [7, 11) is 1.76. The lowest BCUT2D eigenvalue weighted by atomic mass is 10.1. The van der Waals surface area contributed by atoms with E-state index in [0.717, 1.165) is 30.3 Å². The van der Waals surface area contributed by atoms with Crippen molar-refractivity contribution in [3.8, 4) is 11.8 Å². The van der Waals surface area contributed by atoms with Gasteiger partial charge in [-0.3, -0.25) is 0 Å². The van der Waals surface area contributed by atoms with Crippen LogP contribution in [0.15, 0.2) is 36.8 Å². The third kappa shape index (κ3) is 2.68. The van der Waals surface area contributed by atoms with Crippen molar-refractivity contribution in [3.63, 3.8) is 0 Å². The summed E-state index contributed by atoms with van der Waals surface area (Å²) in [5, 5.41) is 8.80. The van der Waals surface area contributed by atoms with E-state index in [2.05, 4.69) is 30.3 Å². The minimum absolute atomic E-state index is 0.170. The molecule has 1 aromatic carbocycles. The second kappa shape index (κ2) is 6.29. The number of ether oxygens (including phenoxy) is 1. The number of benzene rings is 1. The molecule has 1 unspecified atom stereocenters. The summed E-state index contributed by atoms with van der Waals surface area (Å²) in [6.07, 6.45) is 6.80. The molecule has 1 aliphatic carbocycles. The number of H-pyrrole nitrogens is 1. The summed E-state index contributed by atoms with van der Waals surface area (Å²) < 4.78 is 22.1. The molecule has 5 heterocycles. The molecule has 1 aliphatic heterocycles. The molecule has 11 heteroatoms. The number of rotatable bonds is 4. The van der Waals surface area contributed by atoms with E-state index in [0.29, 0.717) is 33.9 Å². The number of nitrogens with two attached hydrogens (primary N) is 1. The zero-order chi connectivity index (χ0) is 22.3. The van der Waals surface area contributed by atoms with Crippen LogP contribution in [0.2, 0.25) is 0 Å². The molecule has 5 aromatic rings. The largest absolute Gasteiger partial charge is 0.422 e. The van der Waals surface area contributed by atoms with Gasteiger partial charge in [0.2, 0.25) is 0 Å². The van der Waals surface area contributed by atoms with E-state index in [1.54, 1.807) is 36.2 Å². The summed E-state index contributed by atoms with van der Waals surface area (Å²) in [5.41, 5.74) is 8.92. The van der Waals surface area contributed by atoms with Crippen LogP contribution in [0.25, 0.3) is 27.6 Å². The quantitative estimate of drug-likeness (QED) is 0.386. The first-order valence-corrected chi connectivity index (χ1v) is 10.8. The van der Waals surface area contributed by atoms with E-state index < -0.39 is 0 Å². The maximum atomic E-state index is 14.4. The second-order valence-electron chi connectivity index (χ2n) is 8.72. The van der Waals surface area contributed by atoms with Crippen molar-refractivity contribution in [3.05, 3.63) is 42.6 Å². The van der Waals surface area contributed by atoms with Crippen molar-refractivity contribution in [2.45, 2.75) is 24.4 Å². The maximum absolute atomic E-state index is 14.4. The molecule has 10 nitrogen and oxygen atoms in total. The number of imidazole rings is 1. The van der Waals surface area contributed by atoms with Gasteiger partial charge in [0.05, 0.1) is 28.8 Å². The molecule has 0 amide bonds. The molecule has 4 N–H and O–H groups in total. The number of aromatic nitrogens is 6. The average molecular weight is 445 g/mol. The molecule has 2 atom stereocenters. The zero-order valence-corrected chi connectivity index (χ0v) is 17.7. The SMILES string of the molecule is CNc1cc(F)cc2c1[nH]c1nc(Oc3cnn4ccnc4c3)nc(N3CC[C@@]4(N)CC34)c12. The smallest absolute Gasteiger partial charge is 0.326 e. The van der Waals surface area contributed by atoms with Crippen LogP contribution in [0, 0.1) is 5.82 Å². The van der Waals surface area contributed by atoms with Crippen molar-refractivity contribution < 1.29 is 9.13 Å². The van der Waals surface area contributed by atoms with Crippen LogP contribution in [-0.2, 0) is 0 Å². The molecule has 0 spiro atoms. The third-order valence-electron chi connectivity index (χ3n) is 6.74. The number of hydrogen-bond acceptors (Lipinski definition) is 8. The summed E-state index contributed by atoms with van der Waals surface area (Å²) in [6.45, 7) is 0.773. The highest BCUT2D eigenvalue weighted by molar-refractivity contribution is 6.14. The van der Waals surface area contributed by atoms with E-state index in [1.165, 1.54) is 12.1 Å². The molecule has 0 bridgehead atoms. The molecule has 2 fully saturated rings. The Balaban J connectivity index is 1.43. The number of fused-ring (bicyclic) bond motifs is 5. The van der Waals surface area contributed by atoms with E-state index >= 15 is 0 Å². The molecule has 166 valence electrons. The van der Waals surface area contributed by atoms with Crippen LogP contribution in [-0.4, -0.2) is 54.7 Å². The predicted octanol–water partition coefficient (Wildman–Crippen LogP) is 2.81. The zero-order valence-electron chi connectivity index (χ0n) is 17.7. The summed E-state index contributed by atoms with van der Waals surface area (Å²) in [5.74, 6) is 0.829. The summed E-state index contributed by atoms with van der Waals surface area (Å²) in [4.78, 5) is 19.2. The van der Waals surface area contributed by atoms with Gasteiger partial charge in [-0.1, -0.05) is 0 Å².